The van der Waals surface area contributed by atoms with E-state index in [0.29, 0.717) is 0 Å². The zero-order chi connectivity index (χ0) is 18.4. The Morgan fingerprint density at radius 2 is 1.77 bits per heavy atom. The third-order valence-electron chi connectivity index (χ3n) is 4.58. The number of nitrogens with zero attached hydrogens (tertiary/aromatic N) is 4. The summed E-state index contributed by atoms with van der Waals surface area (Å²) in [6.45, 7) is 10.5. The first-order valence-corrected chi connectivity index (χ1v) is 8.83. The van der Waals surface area contributed by atoms with Gasteiger partial charge < -0.3 is 4.42 Å². The van der Waals surface area contributed by atoms with E-state index in [9.17, 15) is 0 Å². The normalized spacial score (nSPS) is 11.6. The second-order valence-electron chi connectivity index (χ2n) is 7.10. The van der Waals surface area contributed by atoms with E-state index >= 15 is 0 Å². The molecule has 0 aliphatic rings. The van der Waals surface area contributed by atoms with Crippen LogP contribution < -0.4 is 0 Å². The van der Waals surface area contributed by atoms with E-state index in [1.54, 1.807) is 6.33 Å². The van der Waals surface area contributed by atoms with Crippen LogP contribution in [0.3, 0.4) is 0 Å². The van der Waals surface area contributed by atoms with Crippen LogP contribution in [0.1, 0.15) is 42.3 Å². The SMILES string of the molecule is Cc1cc(C)c(-c2ncnn2-c2cccc3oc(C(C)C)nc23)c(C)c1. The third kappa shape index (κ3) is 2.60. The molecule has 0 aliphatic carbocycles. The first kappa shape index (κ1) is 16.5. The van der Waals surface area contributed by atoms with Gasteiger partial charge in [-0.2, -0.15) is 5.10 Å². The Morgan fingerprint density at radius 3 is 2.46 bits per heavy atom. The van der Waals surface area contributed by atoms with Crippen LogP contribution in [-0.2, 0) is 0 Å². The number of aromatic nitrogens is 4. The van der Waals surface area contributed by atoms with Crippen molar-refractivity contribution in [2.45, 2.75) is 40.5 Å². The van der Waals surface area contributed by atoms with Gasteiger partial charge in [-0.25, -0.2) is 14.6 Å². The molecule has 0 N–H and O–H groups in total. The Bertz CT molecular complexity index is 1080. The standard InChI is InChI=1S/C21H22N4O/c1-12(2)21-24-19-16(7-6-8-17(19)26-21)25-20(22-11-23-25)18-14(4)9-13(3)10-15(18)5/h6-12H,1-5H3. The van der Waals surface area contributed by atoms with Gasteiger partial charge in [0, 0.05) is 11.5 Å². The van der Waals surface area contributed by atoms with Crippen molar-refractivity contribution in [1.29, 1.82) is 0 Å². The summed E-state index contributed by atoms with van der Waals surface area (Å²) in [6.07, 6.45) is 1.59. The largest absolute Gasteiger partial charge is 0.440 e. The van der Waals surface area contributed by atoms with Crippen molar-refractivity contribution in [3.8, 4) is 17.1 Å². The van der Waals surface area contributed by atoms with Gasteiger partial charge in [0.1, 0.15) is 11.8 Å². The Morgan fingerprint density at radius 1 is 1.04 bits per heavy atom. The average molecular weight is 346 g/mol. The van der Waals surface area contributed by atoms with Crippen LogP contribution in [0.2, 0.25) is 0 Å². The Labute approximate surface area is 152 Å². The van der Waals surface area contributed by atoms with E-state index in [4.69, 9.17) is 9.40 Å². The highest BCUT2D eigenvalue weighted by Crippen LogP contribution is 2.31. The molecule has 0 saturated heterocycles. The van der Waals surface area contributed by atoms with Crippen molar-refractivity contribution >= 4 is 11.1 Å². The van der Waals surface area contributed by atoms with Gasteiger partial charge in [-0.15, -0.1) is 0 Å². The maximum Gasteiger partial charge on any atom is 0.198 e. The molecular weight excluding hydrogens is 324 g/mol. The van der Waals surface area contributed by atoms with Gasteiger partial charge in [-0.1, -0.05) is 37.6 Å². The molecular formula is C21H22N4O. The highest BCUT2D eigenvalue weighted by atomic mass is 16.3. The number of oxazole rings is 1. The molecule has 0 atom stereocenters. The maximum absolute atomic E-state index is 5.90. The van der Waals surface area contributed by atoms with E-state index in [0.717, 1.165) is 34.1 Å². The van der Waals surface area contributed by atoms with Gasteiger partial charge in [0.25, 0.3) is 0 Å². The van der Waals surface area contributed by atoms with Crippen molar-refractivity contribution in [2.24, 2.45) is 0 Å². The predicted molar refractivity (Wildman–Crippen MR) is 103 cm³/mol. The molecule has 5 nitrogen and oxygen atoms in total. The van der Waals surface area contributed by atoms with E-state index in [2.05, 4.69) is 56.8 Å². The first-order chi connectivity index (χ1) is 12.5. The summed E-state index contributed by atoms with van der Waals surface area (Å²) in [5, 5.41) is 4.50. The summed E-state index contributed by atoms with van der Waals surface area (Å²) in [5.74, 6) is 1.78. The molecule has 0 radical (unpaired) electrons. The minimum Gasteiger partial charge on any atom is -0.440 e. The lowest BCUT2D eigenvalue weighted by molar-refractivity contribution is 0.501. The van der Waals surface area contributed by atoms with Crippen molar-refractivity contribution in [3.63, 3.8) is 0 Å². The Kier molecular flexibility index (Phi) is 3.87. The number of fused-ring (bicyclic) bond motifs is 1. The number of hydrogen-bond acceptors (Lipinski definition) is 4. The van der Waals surface area contributed by atoms with Crippen LogP contribution >= 0.6 is 0 Å². The van der Waals surface area contributed by atoms with Gasteiger partial charge in [0.05, 0.1) is 5.69 Å². The molecule has 4 rings (SSSR count). The fourth-order valence-electron chi connectivity index (χ4n) is 3.49. The molecule has 0 aliphatic heterocycles. The van der Waals surface area contributed by atoms with Crippen molar-refractivity contribution in [1.82, 2.24) is 19.7 Å². The van der Waals surface area contributed by atoms with Gasteiger partial charge in [-0.3, -0.25) is 0 Å². The molecule has 0 unspecified atom stereocenters. The topological polar surface area (TPSA) is 56.7 Å². The van der Waals surface area contributed by atoms with Gasteiger partial charge in [0.15, 0.2) is 17.3 Å². The summed E-state index contributed by atoms with van der Waals surface area (Å²) >= 11 is 0. The lowest BCUT2D eigenvalue weighted by atomic mass is 9.99. The van der Waals surface area contributed by atoms with Crippen LogP contribution in [0.25, 0.3) is 28.2 Å². The Hall–Kier alpha value is -2.95. The molecule has 0 amide bonds. The lowest BCUT2D eigenvalue weighted by Crippen LogP contribution is -2.03. The minimum atomic E-state index is 0.229. The summed E-state index contributed by atoms with van der Waals surface area (Å²) in [4.78, 5) is 9.26. The van der Waals surface area contributed by atoms with Crippen LogP contribution in [0, 0.1) is 20.8 Å². The Balaban J connectivity index is 1.95. The summed E-state index contributed by atoms with van der Waals surface area (Å²) < 4.78 is 7.77. The number of rotatable bonds is 3. The smallest absolute Gasteiger partial charge is 0.198 e. The zero-order valence-electron chi connectivity index (χ0n) is 15.7. The predicted octanol–water partition coefficient (Wildman–Crippen LogP) is 5.12. The van der Waals surface area contributed by atoms with Crippen molar-refractivity contribution < 1.29 is 4.42 Å². The number of aryl methyl sites for hydroxylation is 3. The van der Waals surface area contributed by atoms with E-state index in [-0.39, 0.29) is 5.92 Å². The molecule has 2 heterocycles. The van der Waals surface area contributed by atoms with Gasteiger partial charge in [-0.05, 0) is 44.0 Å². The fourth-order valence-corrected chi connectivity index (χ4v) is 3.49. The van der Waals surface area contributed by atoms with E-state index < -0.39 is 0 Å². The second kappa shape index (κ2) is 6.09. The van der Waals surface area contributed by atoms with E-state index in [1.165, 1.54) is 16.7 Å². The molecule has 0 saturated carbocycles. The van der Waals surface area contributed by atoms with E-state index in [1.807, 2.05) is 22.9 Å². The zero-order valence-corrected chi connectivity index (χ0v) is 15.7. The van der Waals surface area contributed by atoms with Crippen LogP contribution in [0.4, 0.5) is 0 Å². The highest BCUT2D eigenvalue weighted by Gasteiger charge is 2.19. The highest BCUT2D eigenvalue weighted by molar-refractivity contribution is 5.83. The van der Waals surface area contributed by atoms with Crippen LogP contribution in [-0.4, -0.2) is 19.7 Å². The van der Waals surface area contributed by atoms with Gasteiger partial charge >= 0.3 is 0 Å². The molecule has 2 aromatic carbocycles. The van der Waals surface area contributed by atoms with Crippen molar-refractivity contribution in [3.05, 3.63) is 59.2 Å². The van der Waals surface area contributed by atoms with Gasteiger partial charge in [0.2, 0.25) is 0 Å². The van der Waals surface area contributed by atoms with Crippen LogP contribution in [0.5, 0.6) is 0 Å². The molecule has 0 fully saturated rings. The quantitative estimate of drug-likeness (QED) is 0.516. The monoisotopic (exact) mass is 346 g/mol. The number of benzene rings is 2. The molecule has 26 heavy (non-hydrogen) atoms. The molecule has 0 spiro atoms. The molecule has 132 valence electrons. The molecule has 0 bridgehead atoms. The fraction of sp³-hybridized carbons (Fsp3) is 0.286. The van der Waals surface area contributed by atoms with Crippen molar-refractivity contribution in [2.75, 3.05) is 0 Å². The number of para-hydroxylation sites is 1. The third-order valence-corrected chi connectivity index (χ3v) is 4.58. The summed E-state index contributed by atoms with van der Waals surface area (Å²) in [7, 11) is 0. The minimum absolute atomic E-state index is 0.229. The first-order valence-electron chi connectivity index (χ1n) is 8.83. The number of hydrogen-bond donors (Lipinski definition) is 0. The molecule has 5 heteroatoms. The maximum atomic E-state index is 5.90. The van der Waals surface area contributed by atoms with Crippen LogP contribution in [0.15, 0.2) is 41.1 Å². The summed E-state index contributed by atoms with van der Waals surface area (Å²) in [6, 6.07) is 10.3. The lowest BCUT2D eigenvalue weighted by Gasteiger charge is -2.12. The average Bonchev–Trinajstić information content (AvgIpc) is 3.20. The second-order valence-corrected chi connectivity index (χ2v) is 7.10. The summed E-state index contributed by atoms with van der Waals surface area (Å²) in [5.41, 5.74) is 7.19. The molecule has 2 aromatic heterocycles. The molecule has 4 aromatic rings.